The summed E-state index contributed by atoms with van der Waals surface area (Å²) in [5.41, 5.74) is 10.7. The lowest BCUT2D eigenvalue weighted by Crippen LogP contribution is -2.15. The van der Waals surface area contributed by atoms with Crippen LogP contribution >= 0.6 is 0 Å². The van der Waals surface area contributed by atoms with E-state index in [0.29, 0.717) is 11.5 Å². The molecule has 11 rings (SSSR count). The SMILES string of the molecule is C#C/C(=C\C=C/C)C1c2cccc3c2c2c4c(cccc4ccc2n3-c2nc(-c3ccccc3)c3oc4cc5ccccc5cc4c3n2)C1c1ccccc1. The van der Waals surface area contributed by atoms with Crippen LogP contribution in [-0.4, -0.2) is 14.5 Å². The van der Waals surface area contributed by atoms with E-state index in [0.717, 1.165) is 55.1 Å². The largest absolute Gasteiger partial charge is 0.452 e. The molecule has 7 aromatic carbocycles. The Morgan fingerprint density at radius 1 is 0.691 bits per heavy atom. The summed E-state index contributed by atoms with van der Waals surface area (Å²) in [5.74, 6) is 3.60. The predicted octanol–water partition coefficient (Wildman–Crippen LogP) is 12.8. The van der Waals surface area contributed by atoms with Gasteiger partial charge in [0, 0.05) is 39.1 Å². The first-order chi connectivity index (χ1) is 27.2. The number of benzene rings is 7. The molecule has 3 aromatic heterocycles. The van der Waals surface area contributed by atoms with Gasteiger partial charge in [0.15, 0.2) is 5.58 Å². The number of terminal acetylenes is 1. The Hall–Kier alpha value is -7.22. The van der Waals surface area contributed by atoms with Gasteiger partial charge in [-0.15, -0.1) is 6.42 Å². The minimum atomic E-state index is -0.126. The van der Waals surface area contributed by atoms with Crippen LogP contribution in [0.25, 0.3) is 82.6 Å². The molecule has 0 N–H and O–H groups in total. The van der Waals surface area contributed by atoms with E-state index in [1.54, 1.807) is 0 Å². The van der Waals surface area contributed by atoms with Gasteiger partial charge in [-0.2, -0.15) is 0 Å². The number of rotatable bonds is 5. The molecule has 0 spiro atoms. The topological polar surface area (TPSA) is 43.9 Å². The second-order valence-corrected chi connectivity index (χ2v) is 14.4. The molecule has 0 bridgehead atoms. The summed E-state index contributed by atoms with van der Waals surface area (Å²) < 4.78 is 8.92. The highest BCUT2D eigenvalue weighted by Crippen LogP contribution is 2.53. The predicted molar refractivity (Wildman–Crippen MR) is 227 cm³/mol. The van der Waals surface area contributed by atoms with Crippen LogP contribution in [0.15, 0.2) is 174 Å². The van der Waals surface area contributed by atoms with Crippen molar-refractivity contribution in [3.63, 3.8) is 0 Å². The van der Waals surface area contributed by atoms with Crippen LogP contribution in [0.1, 0.15) is 35.4 Å². The molecule has 1 aliphatic carbocycles. The number of allylic oxidation sites excluding steroid dienone is 4. The Kier molecular flexibility index (Phi) is 6.93. The first-order valence-electron chi connectivity index (χ1n) is 18.7. The summed E-state index contributed by atoms with van der Waals surface area (Å²) in [6.07, 6.45) is 12.7. The Morgan fingerprint density at radius 2 is 1.40 bits per heavy atom. The van der Waals surface area contributed by atoms with Crippen molar-refractivity contribution in [2.24, 2.45) is 0 Å². The molecule has 0 radical (unpaired) electrons. The van der Waals surface area contributed by atoms with Gasteiger partial charge in [-0.05, 0) is 69.4 Å². The first kappa shape index (κ1) is 31.3. The van der Waals surface area contributed by atoms with E-state index < -0.39 is 0 Å². The standard InChI is InChI=1S/C51H33N3O/c1-3-5-16-31(4-2)43-38-25-15-26-40-46(38)47-41(28-27-33-23-14-24-37(45(33)47)44(43)32-17-8-6-9-18-32)54(40)51-52-48(34-19-10-7-11-20-34)50-49(53-51)39-29-35-21-12-13-22-36(35)30-42(39)55-50/h2-3,5-30,43-44H,1H3/b5-3-,31-16+. The van der Waals surface area contributed by atoms with Crippen molar-refractivity contribution in [1.29, 1.82) is 0 Å². The maximum absolute atomic E-state index is 6.67. The van der Waals surface area contributed by atoms with Crippen LogP contribution in [0, 0.1) is 12.3 Å². The lowest BCUT2D eigenvalue weighted by molar-refractivity contribution is 0.667. The molecule has 0 saturated carbocycles. The molecule has 0 amide bonds. The highest BCUT2D eigenvalue weighted by Gasteiger charge is 2.36. The van der Waals surface area contributed by atoms with Gasteiger partial charge < -0.3 is 4.42 Å². The van der Waals surface area contributed by atoms with Gasteiger partial charge in [0.25, 0.3) is 0 Å². The van der Waals surface area contributed by atoms with Crippen molar-refractivity contribution < 1.29 is 4.42 Å². The van der Waals surface area contributed by atoms with Crippen molar-refractivity contribution in [2.45, 2.75) is 18.8 Å². The van der Waals surface area contributed by atoms with E-state index in [9.17, 15) is 0 Å². The third kappa shape index (κ3) is 4.60. The molecule has 3 heterocycles. The Balaban J connectivity index is 1.30. The van der Waals surface area contributed by atoms with Crippen molar-refractivity contribution in [1.82, 2.24) is 14.5 Å². The maximum Gasteiger partial charge on any atom is 0.236 e. The molecule has 1 aliphatic rings. The molecule has 2 atom stereocenters. The van der Waals surface area contributed by atoms with Gasteiger partial charge in [0.1, 0.15) is 16.8 Å². The zero-order chi connectivity index (χ0) is 36.6. The summed E-state index contributed by atoms with van der Waals surface area (Å²) in [6.45, 7) is 2.03. The Labute approximate surface area is 317 Å². The molecule has 0 aliphatic heterocycles. The van der Waals surface area contributed by atoms with Crippen LogP contribution in [0.3, 0.4) is 0 Å². The fourth-order valence-corrected chi connectivity index (χ4v) is 9.10. The van der Waals surface area contributed by atoms with E-state index in [2.05, 4.69) is 150 Å². The highest BCUT2D eigenvalue weighted by atomic mass is 16.3. The van der Waals surface area contributed by atoms with E-state index in [1.807, 2.05) is 31.2 Å². The number of fused-ring (bicyclic) bond motifs is 4. The molecule has 0 saturated heterocycles. The zero-order valence-electron chi connectivity index (χ0n) is 30.1. The van der Waals surface area contributed by atoms with Crippen LogP contribution in [0.5, 0.6) is 0 Å². The molecule has 55 heavy (non-hydrogen) atoms. The van der Waals surface area contributed by atoms with Crippen molar-refractivity contribution in [2.75, 3.05) is 0 Å². The van der Waals surface area contributed by atoms with E-state index in [-0.39, 0.29) is 11.8 Å². The summed E-state index contributed by atoms with van der Waals surface area (Å²) in [5, 5.41) is 8.01. The summed E-state index contributed by atoms with van der Waals surface area (Å²) in [6, 6.07) is 51.6. The second kappa shape index (κ2) is 12.2. The molecule has 4 nitrogen and oxygen atoms in total. The van der Waals surface area contributed by atoms with E-state index >= 15 is 0 Å². The van der Waals surface area contributed by atoms with Crippen LogP contribution in [0.4, 0.5) is 0 Å². The maximum atomic E-state index is 6.67. The lowest BCUT2D eigenvalue weighted by atomic mass is 9.73. The minimum absolute atomic E-state index is 0.0149. The van der Waals surface area contributed by atoms with Crippen LogP contribution in [0.2, 0.25) is 0 Å². The number of hydrogen-bond acceptors (Lipinski definition) is 3. The van der Waals surface area contributed by atoms with Gasteiger partial charge in [-0.3, -0.25) is 4.57 Å². The fourth-order valence-electron chi connectivity index (χ4n) is 9.10. The monoisotopic (exact) mass is 703 g/mol. The number of furan rings is 1. The number of hydrogen-bond donors (Lipinski definition) is 0. The zero-order valence-corrected chi connectivity index (χ0v) is 30.1. The van der Waals surface area contributed by atoms with Crippen LogP contribution < -0.4 is 0 Å². The molecule has 4 heteroatoms. The van der Waals surface area contributed by atoms with Crippen molar-refractivity contribution in [3.05, 3.63) is 186 Å². The quantitative estimate of drug-likeness (QED) is 0.132. The third-order valence-electron chi connectivity index (χ3n) is 11.4. The Morgan fingerprint density at radius 3 is 2.20 bits per heavy atom. The molecular weight excluding hydrogens is 671 g/mol. The number of aromatic nitrogens is 3. The molecule has 10 aromatic rings. The highest BCUT2D eigenvalue weighted by molar-refractivity contribution is 6.24. The lowest BCUT2D eigenvalue weighted by Gasteiger charge is -2.29. The average Bonchev–Trinajstić information content (AvgIpc) is 3.74. The fraction of sp³-hybridized carbons (Fsp3) is 0.0588. The summed E-state index contributed by atoms with van der Waals surface area (Å²) in [7, 11) is 0. The van der Waals surface area contributed by atoms with Gasteiger partial charge in [0.05, 0.1) is 11.0 Å². The van der Waals surface area contributed by atoms with E-state index in [1.165, 1.54) is 38.2 Å². The summed E-state index contributed by atoms with van der Waals surface area (Å²) in [4.78, 5) is 10.8. The van der Waals surface area contributed by atoms with Gasteiger partial charge in [-0.25, -0.2) is 9.97 Å². The number of nitrogens with zero attached hydrogens (tertiary/aromatic N) is 3. The second-order valence-electron chi connectivity index (χ2n) is 14.4. The molecule has 258 valence electrons. The van der Waals surface area contributed by atoms with Gasteiger partial charge in [-0.1, -0.05) is 145 Å². The van der Waals surface area contributed by atoms with Crippen molar-refractivity contribution >= 4 is 65.4 Å². The average molecular weight is 704 g/mol. The Bertz CT molecular complexity index is 3290. The molecular formula is C51H33N3O. The third-order valence-corrected chi connectivity index (χ3v) is 11.4. The summed E-state index contributed by atoms with van der Waals surface area (Å²) >= 11 is 0. The van der Waals surface area contributed by atoms with E-state index in [4.69, 9.17) is 20.8 Å². The van der Waals surface area contributed by atoms with Gasteiger partial charge in [0.2, 0.25) is 5.95 Å². The van der Waals surface area contributed by atoms with Gasteiger partial charge >= 0.3 is 0 Å². The smallest absolute Gasteiger partial charge is 0.236 e. The van der Waals surface area contributed by atoms with Crippen molar-refractivity contribution in [3.8, 4) is 29.5 Å². The molecule has 2 unspecified atom stereocenters. The first-order valence-corrected chi connectivity index (χ1v) is 18.7. The van der Waals surface area contributed by atoms with Crippen LogP contribution in [-0.2, 0) is 0 Å². The minimum Gasteiger partial charge on any atom is -0.452 e. The normalized spacial score (nSPS) is 15.7. The molecule has 0 fully saturated rings.